The largest absolute Gasteiger partial charge is 0.338 e. The molecule has 2 aliphatic heterocycles. The number of hydrogen-bond donors (Lipinski definition) is 0. The van der Waals surface area contributed by atoms with Crippen LogP contribution in [0.25, 0.3) is 0 Å². The van der Waals surface area contributed by atoms with E-state index in [0.29, 0.717) is 30.3 Å². The lowest BCUT2D eigenvalue weighted by Crippen LogP contribution is -2.52. The van der Waals surface area contributed by atoms with Crippen LogP contribution in [0.3, 0.4) is 0 Å². The van der Waals surface area contributed by atoms with E-state index in [0.717, 1.165) is 25.1 Å². The highest BCUT2D eigenvalue weighted by Crippen LogP contribution is 2.28. The van der Waals surface area contributed by atoms with Crippen LogP contribution < -0.4 is 0 Å². The summed E-state index contributed by atoms with van der Waals surface area (Å²) in [6.45, 7) is 6.61. The van der Waals surface area contributed by atoms with Gasteiger partial charge in [0.1, 0.15) is 0 Å². The van der Waals surface area contributed by atoms with E-state index < -0.39 is 0 Å². The molecule has 0 aromatic heterocycles. The summed E-state index contributed by atoms with van der Waals surface area (Å²) >= 11 is 1.95. The third-order valence-electron chi connectivity index (χ3n) is 4.66. The topological polar surface area (TPSA) is 43.9 Å². The normalized spacial score (nSPS) is 27.6. The Bertz CT molecular complexity index is 394. The number of rotatable bonds is 1. The second kappa shape index (κ2) is 6.90. The van der Waals surface area contributed by atoms with Gasteiger partial charge in [-0.25, -0.2) is 4.79 Å². The summed E-state index contributed by atoms with van der Waals surface area (Å²) < 4.78 is 0. The van der Waals surface area contributed by atoms with E-state index in [1.807, 2.05) is 16.7 Å². The van der Waals surface area contributed by atoms with Gasteiger partial charge in [-0.3, -0.25) is 4.79 Å². The van der Waals surface area contributed by atoms with E-state index >= 15 is 0 Å². The lowest BCUT2D eigenvalue weighted by atomic mass is 9.94. The number of carbonyl (C=O) groups is 2. The summed E-state index contributed by atoms with van der Waals surface area (Å²) in [5.41, 5.74) is 0. The zero-order valence-electron chi connectivity index (χ0n) is 13.5. The fraction of sp³-hybridized carbons (Fsp3) is 0.867. The third-order valence-corrected chi connectivity index (χ3v) is 6.00. The summed E-state index contributed by atoms with van der Waals surface area (Å²) in [6.07, 6.45) is 1.59. The van der Waals surface area contributed by atoms with Gasteiger partial charge in [-0.15, -0.1) is 0 Å². The van der Waals surface area contributed by atoms with Crippen molar-refractivity contribution in [3.63, 3.8) is 0 Å². The van der Waals surface area contributed by atoms with Gasteiger partial charge in [0.25, 0.3) is 0 Å². The molecular weight excluding hydrogens is 286 g/mol. The molecule has 0 aliphatic carbocycles. The third kappa shape index (κ3) is 3.65. The van der Waals surface area contributed by atoms with E-state index in [1.165, 1.54) is 0 Å². The number of nitrogens with zero attached hydrogens (tertiary/aromatic N) is 3. The van der Waals surface area contributed by atoms with Crippen LogP contribution in [0.5, 0.6) is 0 Å². The minimum atomic E-state index is 0.0530. The molecule has 21 heavy (non-hydrogen) atoms. The fourth-order valence-electron chi connectivity index (χ4n) is 3.08. The molecule has 2 heterocycles. The van der Waals surface area contributed by atoms with Crippen molar-refractivity contribution >= 4 is 23.7 Å². The van der Waals surface area contributed by atoms with Crippen molar-refractivity contribution in [3.8, 4) is 0 Å². The molecule has 0 aromatic rings. The molecule has 0 bridgehead atoms. The van der Waals surface area contributed by atoms with Gasteiger partial charge in [-0.05, 0) is 19.8 Å². The van der Waals surface area contributed by atoms with Crippen molar-refractivity contribution in [2.45, 2.75) is 38.0 Å². The smallest absolute Gasteiger partial charge is 0.319 e. The Hall–Kier alpha value is -0.910. The van der Waals surface area contributed by atoms with E-state index in [2.05, 4.69) is 18.7 Å². The van der Waals surface area contributed by atoms with Gasteiger partial charge in [0.2, 0.25) is 5.91 Å². The number of likely N-dealkylation sites (tertiary alicyclic amines) is 1. The minimum absolute atomic E-state index is 0.0530. The van der Waals surface area contributed by atoms with E-state index in [9.17, 15) is 9.59 Å². The Morgan fingerprint density at radius 3 is 2.29 bits per heavy atom. The van der Waals surface area contributed by atoms with Crippen molar-refractivity contribution in [1.82, 2.24) is 14.7 Å². The molecule has 6 heteroatoms. The fourth-order valence-corrected chi connectivity index (χ4v) is 4.18. The first-order valence-electron chi connectivity index (χ1n) is 7.80. The summed E-state index contributed by atoms with van der Waals surface area (Å²) in [5.74, 6) is 1.43. The van der Waals surface area contributed by atoms with Crippen LogP contribution in [0.4, 0.5) is 4.79 Å². The molecular formula is C15H27N3O2S. The highest BCUT2D eigenvalue weighted by molar-refractivity contribution is 8.00. The molecule has 5 nitrogen and oxygen atoms in total. The zero-order valence-corrected chi connectivity index (χ0v) is 14.4. The first-order valence-corrected chi connectivity index (χ1v) is 8.85. The van der Waals surface area contributed by atoms with Crippen LogP contribution in [-0.4, -0.2) is 77.4 Å². The molecule has 0 N–H and O–H groups in total. The highest BCUT2D eigenvalue weighted by Gasteiger charge is 2.35. The van der Waals surface area contributed by atoms with Gasteiger partial charge >= 0.3 is 6.03 Å². The van der Waals surface area contributed by atoms with Crippen LogP contribution in [0.15, 0.2) is 0 Å². The van der Waals surface area contributed by atoms with Crippen molar-refractivity contribution in [2.24, 2.45) is 5.92 Å². The average Bonchev–Trinajstić information content (AvgIpc) is 2.48. The number of hydrogen-bond acceptors (Lipinski definition) is 3. The van der Waals surface area contributed by atoms with Gasteiger partial charge in [-0.1, -0.05) is 6.92 Å². The summed E-state index contributed by atoms with van der Waals surface area (Å²) in [5, 5.41) is 0.512. The Balaban J connectivity index is 1.90. The van der Waals surface area contributed by atoms with E-state index in [-0.39, 0.29) is 11.9 Å². The molecule has 0 saturated carbocycles. The predicted octanol–water partition coefficient (Wildman–Crippen LogP) is 1.73. The van der Waals surface area contributed by atoms with Crippen LogP contribution >= 0.6 is 11.8 Å². The van der Waals surface area contributed by atoms with Gasteiger partial charge < -0.3 is 14.7 Å². The average molecular weight is 313 g/mol. The molecule has 0 radical (unpaired) electrons. The number of carbonyl (C=O) groups excluding carboxylic acids is 2. The molecule has 120 valence electrons. The van der Waals surface area contributed by atoms with Crippen molar-refractivity contribution in [1.29, 1.82) is 0 Å². The second-order valence-corrected chi connectivity index (χ2v) is 7.77. The summed E-state index contributed by atoms with van der Waals surface area (Å²) in [6, 6.07) is 0.370. The van der Waals surface area contributed by atoms with Gasteiger partial charge in [0, 0.05) is 56.7 Å². The SMILES string of the molecule is C[C@@H]1SCCN(C(=O)C2CCN(C(=O)N(C)C)CC2)[C@@H]1C. The zero-order chi connectivity index (χ0) is 15.6. The van der Waals surface area contributed by atoms with Crippen LogP contribution in [0.2, 0.25) is 0 Å². The van der Waals surface area contributed by atoms with Gasteiger partial charge in [-0.2, -0.15) is 11.8 Å². The lowest BCUT2D eigenvalue weighted by Gasteiger charge is -2.41. The number of urea groups is 1. The Morgan fingerprint density at radius 2 is 1.71 bits per heavy atom. The number of amides is 3. The Labute approximate surface area is 132 Å². The number of thioether (sulfide) groups is 1. The molecule has 0 aromatic carbocycles. The molecule has 0 spiro atoms. The van der Waals surface area contributed by atoms with E-state index in [4.69, 9.17) is 0 Å². The first-order chi connectivity index (χ1) is 9.91. The minimum Gasteiger partial charge on any atom is -0.338 e. The molecule has 2 rings (SSSR count). The molecule has 3 amide bonds. The molecule has 0 unspecified atom stereocenters. The monoisotopic (exact) mass is 313 g/mol. The van der Waals surface area contributed by atoms with E-state index in [1.54, 1.807) is 19.0 Å². The van der Waals surface area contributed by atoms with Crippen molar-refractivity contribution in [3.05, 3.63) is 0 Å². The highest BCUT2D eigenvalue weighted by atomic mass is 32.2. The maximum atomic E-state index is 12.7. The maximum absolute atomic E-state index is 12.7. The Morgan fingerprint density at radius 1 is 1.10 bits per heavy atom. The maximum Gasteiger partial charge on any atom is 0.319 e. The molecule has 2 fully saturated rings. The van der Waals surface area contributed by atoms with Crippen LogP contribution in [0.1, 0.15) is 26.7 Å². The second-order valence-electron chi connectivity index (χ2n) is 6.29. The van der Waals surface area contributed by atoms with Gasteiger partial charge in [0.15, 0.2) is 0 Å². The summed E-state index contributed by atoms with van der Waals surface area (Å²) in [4.78, 5) is 30.2. The van der Waals surface area contributed by atoms with Crippen molar-refractivity contribution in [2.75, 3.05) is 39.5 Å². The van der Waals surface area contributed by atoms with Crippen LogP contribution in [-0.2, 0) is 4.79 Å². The predicted molar refractivity (Wildman–Crippen MR) is 86.5 cm³/mol. The quantitative estimate of drug-likeness (QED) is 0.740. The lowest BCUT2D eigenvalue weighted by molar-refractivity contribution is -0.138. The molecule has 2 saturated heterocycles. The van der Waals surface area contributed by atoms with Crippen molar-refractivity contribution < 1.29 is 9.59 Å². The summed E-state index contributed by atoms with van der Waals surface area (Å²) in [7, 11) is 3.54. The van der Waals surface area contributed by atoms with Gasteiger partial charge in [0.05, 0.1) is 0 Å². The Kier molecular flexibility index (Phi) is 5.41. The first kappa shape index (κ1) is 16.5. The van der Waals surface area contributed by atoms with Crippen LogP contribution in [0, 0.1) is 5.92 Å². The number of piperidine rings is 1. The molecule has 2 atom stereocenters. The standard InChI is InChI=1S/C15H27N3O2S/c1-11-12(2)21-10-9-18(11)14(19)13-5-7-17(8-6-13)15(20)16(3)4/h11-13H,5-10H2,1-4H3/t11-,12+/m1/s1. The molecule has 2 aliphatic rings.